The Labute approximate surface area is 320 Å². The Balaban J connectivity index is 0.884. The third kappa shape index (κ3) is 8.86. The van der Waals surface area contributed by atoms with Crippen LogP contribution in [0.5, 0.6) is 5.75 Å². The number of ether oxygens (including phenoxy) is 1. The zero-order valence-electron chi connectivity index (χ0n) is 30.6. The minimum Gasteiger partial charge on any atom is -0.494 e. The first kappa shape index (κ1) is 36.9. The molecule has 282 valence electrons. The Morgan fingerprint density at radius 3 is 2.44 bits per heavy atom. The lowest BCUT2D eigenvalue weighted by atomic mass is 9.89. The summed E-state index contributed by atoms with van der Waals surface area (Å²) >= 11 is 6.37. The van der Waals surface area contributed by atoms with Crippen molar-refractivity contribution in [3.05, 3.63) is 89.6 Å². The van der Waals surface area contributed by atoms with Crippen LogP contribution >= 0.6 is 11.6 Å². The van der Waals surface area contributed by atoms with Crippen LogP contribution in [0.1, 0.15) is 44.1 Å². The van der Waals surface area contributed by atoms with Gasteiger partial charge in [-0.05, 0) is 87.2 Å². The minimum atomic E-state index is -0.395. The molecule has 3 amide bonds. The smallest absolute Gasteiger partial charge is 0.249 e. The number of carbonyl (C=O) groups is 3. The van der Waals surface area contributed by atoms with Gasteiger partial charge in [-0.2, -0.15) is 4.98 Å². The van der Waals surface area contributed by atoms with E-state index < -0.39 is 6.04 Å². The van der Waals surface area contributed by atoms with Crippen LogP contribution in [-0.2, 0) is 14.4 Å². The highest BCUT2D eigenvalue weighted by Crippen LogP contribution is 2.34. The molecule has 4 N–H and O–H groups in total. The number of rotatable bonds is 11. The van der Waals surface area contributed by atoms with Crippen molar-refractivity contribution in [2.24, 2.45) is 0 Å². The second-order valence-corrected chi connectivity index (χ2v) is 14.5. The molecule has 0 bridgehead atoms. The topological polar surface area (TPSA) is 144 Å². The highest BCUT2D eigenvalue weighted by molar-refractivity contribution is 6.32. The van der Waals surface area contributed by atoms with E-state index >= 15 is 0 Å². The summed E-state index contributed by atoms with van der Waals surface area (Å²) in [6.45, 7) is 6.36. The van der Waals surface area contributed by atoms with Gasteiger partial charge in [-0.3, -0.25) is 24.6 Å². The number of hydrogen-bond acceptors (Lipinski definition) is 11. The van der Waals surface area contributed by atoms with Crippen LogP contribution in [0.2, 0.25) is 5.02 Å². The molecule has 0 saturated carbocycles. The van der Waals surface area contributed by atoms with E-state index in [0.29, 0.717) is 60.9 Å². The van der Waals surface area contributed by atoms with Crippen LogP contribution in [0.3, 0.4) is 0 Å². The first-order chi connectivity index (χ1) is 26.2. The molecule has 3 aliphatic heterocycles. The number of para-hydroxylation sites is 1. The molecule has 0 spiro atoms. The molecule has 0 radical (unpaired) electrons. The fourth-order valence-corrected chi connectivity index (χ4v) is 7.56. The van der Waals surface area contributed by atoms with Crippen molar-refractivity contribution in [1.82, 2.24) is 25.1 Å². The number of amides is 3. The molecule has 2 atom stereocenters. The van der Waals surface area contributed by atoms with Crippen LogP contribution in [0.15, 0.2) is 79.0 Å². The van der Waals surface area contributed by atoms with Gasteiger partial charge in [0, 0.05) is 55.2 Å². The summed E-state index contributed by atoms with van der Waals surface area (Å²) in [5.41, 5.74) is 4.74. The fourth-order valence-electron chi connectivity index (χ4n) is 7.43. The van der Waals surface area contributed by atoms with E-state index in [9.17, 15) is 14.4 Å². The van der Waals surface area contributed by atoms with Gasteiger partial charge in [0.25, 0.3) is 0 Å². The molecule has 54 heavy (non-hydrogen) atoms. The van der Waals surface area contributed by atoms with Crippen molar-refractivity contribution in [2.75, 3.05) is 67.2 Å². The lowest BCUT2D eigenvalue weighted by Crippen LogP contribution is -2.56. The molecule has 4 aromatic rings. The van der Waals surface area contributed by atoms with Gasteiger partial charge in [-0.25, -0.2) is 4.98 Å². The number of methoxy groups -OCH3 is 1. The molecular weight excluding hydrogens is 706 g/mol. The summed E-state index contributed by atoms with van der Waals surface area (Å²) in [6, 6.07) is 23.6. The standard InChI is InChI=1S/C40H46ClN9O4/c1-26-24-49(31-12-13-33(35(22-31)54-2)45-40-42-23-32(41)38(47-40)44-29-6-4-3-5-7-29)20-21-50(26)37(52)25-48-18-16-28(17-19-48)27-8-10-30(11-9-27)43-34-14-15-36(51)46-39(34)53/h3-13,22-23,26,28,34,43H,14-21,24-25H2,1-2H3,(H,46,51,53)(H2,42,44,45,47). The maximum absolute atomic E-state index is 13.5. The van der Waals surface area contributed by atoms with Gasteiger partial charge in [0.1, 0.15) is 16.8 Å². The summed E-state index contributed by atoms with van der Waals surface area (Å²) in [6.07, 6.45) is 4.37. The van der Waals surface area contributed by atoms with E-state index in [2.05, 4.69) is 60.1 Å². The second-order valence-electron chi connectivity index (χ2n) is 14.1. The lowest BCUT2D eigenvalue weighted by Gasteiger charge is -2.42. The van der Waals surface area contributed by atoms with Gasteiger partial charge < -0.3 is 30.5 Å². The number of anilines is 6. The average Bonchev–Trinajstić information content (AvgIpc) is 3.18. The maximum Gasteiger partial charge on any atom is 0.249 e. The van der Waals surface area contributed by atoms with Crippen LogP contribution in [-0.4, -0.2) is 96.0 Å². The van der Waals surface area contributed by atoms with Crippen molar-refractivity contribution in [3.63, 3.8) is 0 Å². The first-order valence-electron chi connectivity index (χ1n) is 18.5. The van der Waals surface area contributed by atoms with Crippen LogP contribution in [0.25, 0.3) is 0 Å². The van der Waals surface area contributed by atoms with Crippen molar-refractivity contribution in [3.8, 4) is 5.75 Å². The van der Waals surface area contributed by atoms with Crippen molar-refractivity contribution in [1.29, 1.82) is 0 Å². The molecule has 14 heteroatoms. The first-order valence-corrected chi connectivity index (χ1v) is 18.9. The largest absolute Gasteiger partial charge is 0.494 e. The Morgan fingerprint density at radius 1 is 0.944 bits per heavy atom. The third-order valence-electron chi connectivity index (χ3n) is 10.4. The Bertz CT molecular complexity index is 1960. The number of halogens is 1. The van der Waals surface area contributed by atoms with Gasteiger partial charge >= 0.3 is 0 Å². The number of likely N-dealkylation sites (tertiary alicyclic amines) is 1. The Hall–Kier alpha value is -5.40. The number of nitrogens with zero attached hydrogens (tertiary/aromatic N) is 5. The number of hydrogen-bond donors (Lipinski definition) is 4. The Morgan fingerprint density at radius 2 is 1.72 bits per heavy atom. The van der Waals surface area contributed by atoms with E-state index in [0.717, 1.165) is 55.2 Å². The van der Waals surface area contributed by atoms with Crippen molar-refractivity contribution >= 4 is 63.8 Å². The van der Waals surface area contributed by atoms with E-state index in [1.807, 2.05) is 65.6 Å². The van der Waals surface area contributed by atoms with Gasteiger partial charge in [0.05, 0.1) is 25.5 Å². The quantitative estimate of drug-likeness (QED) is 0.139. The molecule has 3 aromatic carbocycles. The number of carbonyl (C=O) groups excluding carboxylic acids is 3. The monoisotopic (exact) mass is 751 g/mol. The maximum atomic E-state index is 13.5. The number of benzene rings is 3. The number of piperidine rings is 2. The van der Waals surface area contributed by atoms with Gasteiger partial charge in [-0.1, -0.05) is 41.9 Å². The summed E-state index contributed by atoms with van der Waals surface area (Å²) in [4.78, 5) is 52.6. The van der Waals surface area contributed by atoms with E-state index in [1.54, 1.807) is 13.3 Å². The summed E-state index contributed by atoms with van der Waals surface area (Å²) in [5.74, 6) is 1.63. The van der Waals surface area contributed by atoms with Crippen molar-refractivity contribution in [2.45, 2.75) is 50.6 Å². The van der Waals surface area contributed by atoms with E-state index in [1.165, 1.54) is 5.56 Å². The number of nitrogens with one attached hydrogen (secondary N) is 4. The molecular formula is C40H46ClN9O4. The van der Waals surface area contributed by atoms with Crippen LogP contribution in [0, 0.1) is 0 Å². The van der Waals surface area contributed by atoms with Crippen molar-refractivity contribution < 1.29 is 19.1 Å². The third-order valence-corrected chi connectivity index (χ3v) is 10.7. The molecule has 3 fully saturated rings. The van der Waals surface area contributed by atoms with Gasteiger partial charge in [0.15, 0.2) is 5.82 Å². The second kappa shape index (κ2) is 16.7. The molecule has 3 saturated heterocycles. The van der Waals surface area contributed by atoms with Crippen LogP contribution in [0.4, 0.5) is 34.5 Å². The van der Waals surface area contributed by atoms with Gasteiger partial charge in [0.2, 0.25) is 23.7 Å². The zero-order chi connectivity index (χ0) is 37.6. The molecule has 7 rings (SSSR count). The molecule has 4 heterocycles. The van der Waals surface area contributed by atoms with E-state index in [4.69, 9.17) is 16.3 Å². The highest BCUT2D eigenvalue weighted by atomic mass is 35.5. The molecule has 13 nitrogen and oxygen atoms in total. The Kier molecular flexibility index (Phi) is 11.4. The number of imide groups is 1. The summed E-state index contributed by atoms with van der Waals surface area (Å²) < 4.78 is 5.76. The van der Waals surface area contributed by atoms with Crippen LogP contribution < -0.4 is 30.9 Å². The number of aromatic nitrogens is 2. The average molecular weight is 752 g/mol. The predicted molar refractivity (Wildman–Crippen MR) is 211 cm³/mol. The SMILES string of the molecule is COc1cc(N2CCN(C(=O)CN3CCC(c4ccc(NC5CCC(=O)NC5=O)cc4)CC3)C(C)C2)ccc1Nc1ncc(Cl)c(Nc2ccccc2)n1. The molecule has 0 aliphatic carbocycles. The van der Waals surface area contributed by atoms with Gasteiger partial charge in [-0.15, -0.1) is 0 Å². The minimum absolute atomic E-state index is 0.0536. The number of piperazine rings is 1. The van der Waals surface area contributed by atoms with E-state index in [-0.39, 0.29) is 23.8 Å². The molecule has 1 aromatic heterocycles. The lowest BCUT2D eigenvalue weighted by molar-refractivity contribution is -0.135. The molecule has 3 aliphatic rings. The highest BCUT2D eigenvalue weighted by Gasteiger charge is 2.31. The predicted octanol–water partition coefficient (Wildman–Crippen LogP) is 5.76. The fraction of sp³-hybridized carbons (Fsp3) is 0.375. The molecule has 2 unspecified atom stereocenters. The zero-order valence-corrected chi connectivity index (χ0v) is 31.3. The summed E-state index contributed by atoms with van der Waals surface area (Å²) in [5, 5.41) is 12.5. The summed E-state index contributed by atoms with van der Waals surface area (Å²) in [7, 11) is 1.64. The normalized spacial score (nSPS) is 19.6.